The summed E-state index contributed by atoms with van der Waals surface area (Å²) in [7, 11) is 0. The Balaban J connectivity index is 2.16. The Morgan fingerprint density at radius 2 is 2.00 bits per heavy atom. The van der Waals surface area contributed by atoms with Gasteiger partial charge in [0.15, 0.2) is 0 Å². The molecule has 2 heteroatoms. The van der Waals surface area contributed by atoms with Crippen molar-refractivity contribution >= 4 is 0 Å². The molecule has 0 bridgehead atoms. The third kappa shape index (κ3) is 0.848. The maximum atomic E-state index is 11.8. The van der Waals surface area contributed by atoms with Crippen molar-refractivity contribution in [1.82, 2.24) is 0 Å². The van der Waals surface area contributed by atoms with E-state index in [4.69, 9.17) is 5.73 Å². The van der Waals surface area contributed by atoms with Gasteiger partial charge in [-0.2, -0.15) is 0 Å². The van der Waals surface area contributed by atoms with Crippen LogP contribution in [0.15, 0.2) is 0 Å². The molecule has 0 aromatic carbocycles. The highest BCUT2D eigenvalue weighted by molar-refractivity contribution is 4.80. The van der Waals surface area contributed by atoms with Crippen molar-refractivity contribution in [2.75, 3.05) is 13.2 Å². The molecule has 0 aromatic rings. The molecule has 48 valence electrons. The molecule has 1 nitrogen and oxygen atoms in total. The number of halogens is 1. The van der Waals surface area contributed by atoms with Gasteiger partial charge in [0.05, 0.1) is 6.67 Å². The summed E-state index contributed by atoms with van der Waals surface area (Å²) in [5.41, 5.74) is 5.33. The van der Waals surface area contributed by atoms with Crippen LogP contribution in [0.1, 0.15) is 12.8 Å². The summed E-state index contributed by atoms with van der Waals surface area (Å²) >= 11 is 0. The Hall–Kier alpha value is -0.110. The number of hydrogen-bond donors (Lipinski definition) is 1. The number of alkyl halides is 1. The van der Waals surface area contributed by atoms with Gasteiger partial charge in [-0.3, -0.25) is 4.39 Å². The fourth-order valence-corrected chi connectivity index (χ4v) is 1.15. The van der Waals surface area contributed by atoms with Crippen molar-refractivity contribution in [1.29, 1.82) is 0 Å². The highest BCUT2D eigenvalue weighted by Gasteiger charge is 2.28. The molecule has 1 aliphatic carbocycles. The third-order valence-corrected chi connectivity index (χ3v) is 2.08. The second kappa shape index (κ2) is 2.44. The van der Waals surface area contributed by atoms with E-state index in [1.165, 1.54) is 0 Å². The normalized spacial score (nSPS) is 36.8. The molecule has 1 saturated carbocycles. The highest BCUT2D eigenvalue weighted by atomic mass is 19.1. The summed E-state index contributed by atoms with van der Waals surface area (Å²) in [6.45, 7) is 0.510. The zero-order chi connectivity index (χ0) is 5.98. The van der Waals surface area contributed by atoms with Gasteiger partial charge in [-0.15, -0.1) is 0 Å². The first-order valence-electron chi connectivity index (χ1n) is 3.14. The van der Waals surface area contributed by atoms with E-state index in [-0.39, 0.29) is 6.67 Å². The van der Waals surface area contributed by atoms with Crippen LogP contribution in [0.4, 0.5) is 4.39 Å². The van der Waals surface area contributed by atoms with E-state index in [2.05, 4.69) is 0 Å². The van der Waals surface area contributed by atoms with E-state index in [0.29, 0.717) is 18.4 Å². The molecule has 2 atom stereocenters. The highest BCUT2D eigenvalue weighted by Crippen LogP contribution is 2.33. The minimum absolute atomic E-state index is 0.165. The van der Waals surface area contributed by atoms with Gasteiger partial charge in [0.25, 0.3) is 0 Å². The van der Waals surface area contributed by atoms with Gasteiger partial charge >= 0.3 is 0 Å². The lowest BCUT2D eigenvalue weighted by Gasteiger charge is -2.33. The van der Waals surface area contributed by atoms with Crippen LogP contribution in [-0.2, 0) is 0 Å². The topological polar surface area (TPSA) is 26.0 Å². The predicted molar refractivity (Wildman–Crippen MR) is 31.2 cm³/mol. The Morgan fingerprint density at radius 3 is 2.12 bits per heavy atom. The predicted octanol–water partition coefficient (Wildman–Crippen LogP) is 0.941. The van der Waals surface area contributed by atoms with Gasteiger partial charge in [-0.25, -0.2) is 0 Å². The van der Waals surface area contributed by atoms with Crippen LogP contribution in [0, 0.1) is 11.8 Å². The lowest BCUT2D eigenvalue weighted by Crippen LogP contribution is -2.33. The Morgan fingerprint density at radius 1 is 1.38 bits per heavy atom. The molecule has 0 spiro atoms. The molecule has 0 aromatic heterocycles. The lowest BCUT2D eigenvalue weighted by molar-refractivity contribution is 0.144. The fourth-order valence-electron chi connectivity index (χ4n) is 1.15. The van der Waals surface area contributed by atoms with Crippen LogP contribution in [0.2, 0.25) is 0 Å². The lowest BCUT2D eigenvalue weighted by atomic mass is 9.75. The van der Waals surface area contributed by atoms with Gasteiger partial charge < -0.3 is 5.73 Å². The maximum absolute atomic E-state index is 11.8. The first-order valence-corrected chi connectivity index (χ1v) is 3.14. The van der Waals surface area contributed by atoms with E-state index in [0.717, 1.165) is 12.8 Å². The average molecular weight is 117 g/mol. The van der Waals surface area contributed by atoms with E-state index >= 15 is 0 Å². The zero-order valence-corrected chi connectivity index (χ0v) is 4.94. The number of rotatable bonds is 2. The fraction of sp³-hybridized carbons (Fsp3) is 1.00. The first kappa shape index (κ1) is 6.02. The summed E-state index contributed by atoms with van der Waals surface area (Å²) in [4.78, 5) is 0. The summed E-state index contributed by atoms with van der Waals surface area (Å²) in [5.74, 6) is 0.806. The van der Waals surface area contributed by atoms with Crippen molar-refractivity contribution in [3.05, 3.63) is 0 Å². The smallest absolute Gasteiger partial charge is 0.0925 e. The molecule has 1 aliphatic rings. The van der Waals surface area contributed by atoms with Gasteiger partial charge in [-0.05, 0) is 31.2 Å². The molecule has 0 saturated heterocycles. The van der Waals surface area contributed by atoms with Crippen molar-refractivity contribution < 1.29 is 4.39 Å². The van der Waals surface area contributed by atoms with Gasteiger partial charge in [0.2, 0.25) is 0 Å². The van der Waals surface area contributed by atoms with E-state index < -0.39 is 0 Å². The molecule has 0 amide bonds. The van der Waals surface area contributed by atoms with Crippen LogP contribution in [0.25, 0.3) is 0 Å². The van der Waals surface area contributed by atoms with Gasteiger partial charge in [0.1, 0.15) is 0 Å². The van der Waals surface area contributed by atoms with Crippen LogP contribution < -0.4 is 5.73 Å². The summed E-state index contributed by atoms with van der Waals surface area (Å²) in [6.07, 6.45) is 2.20. The minimum Gasteiger partial charge on any atom is -0.330 e. The molecular formula is C6H12FN. The number of nitrogens with two attached hydrogens (primary N) is 1. The van der Waals surface area contributed by atoms with Gasteiger partial charge in [-0.1, -0.05) is 0 Å². The van der Waals surface area contributed by atoms with E-state index in [1.807, 2.05) is 0 Å². The number of hydrogen-bond acceptors (Lipinski definition) is 1. The van der Waals surface area contributed by atoms with Crippen LogP contribution >= 0.6 is 0 Å². The van der Waals surface area contributed by atoms with Crippen molar-refractivity contribution in [2.24, 2.45) is 17.6 Å². The maximum Gasteiger partial charge on any atom is 0.0925 e. The van der Waals surface area contributed by atoms with Crippen molar-refractivity contribution in [3.8, 4) is 0 Å². The molecule has 0 aliphatic heterocycles. The molecule has 0 heterocycles. The largest absolute Gasteiger partial charge is 0.330 e. The standard InChI is InChI=1S/C6H12FN/c7-3-5-1-2-6(5)4-8/h5-6H,1-4,8H2/t5-,6-/m1/s1. The van der Waals surface area contributed by atoms with Gasteiger partial charge in [0, 0.05) is 0 Å². The average Bonchev–Trinajstić information content (AvgIpc) is 1.66. The van der Waals surface area contributed by atoms with E-state index in [9.17, 15) is 4.39 Å². The molecular weight excluding hydrogens is 105 g/mol. The van der Waals surface area contributed by atoms with Crippen LogP contribution in [0.3, 0.4) is 0 Å². The molecule has 8 heavy (non-hydrogen) atoms. The second-order valence-corrected chi connectivity index (χ2v) is 2.49. The molecule has 1 rings (SSSR count). The minimum atomic E-state index is -0.165. The third-order valence-electron chi connectivity index (χ3n) is 2.08. The van der Waals surface area contributed by atoms with Crippen LogP contribution in [-0.4, -0.2) is 13.2 Å². The summed E-state index contributed by atoms with van der Waals surface area (Å²) in [5, 5.41) is 0. The van der Waals surface area contributed by atoms with Crippen molar-refractivity contribution in [2.45, 2.75) is 12.8 Å². The summed E-state index contributed by atoms with van der Waals surface area (Å²) < 4.78 is 11.8. The van der Waals surface area contributed by atoms with Crippen molar-refractivity contribution in [3.63, 3.8) is 0 Å². The molecule has 2 N–H and O–H groups in total. The molecule has 0 radical (unpaired) electrons. The van der Waals surface area contributed by atoms with E-state index in [1.54, 1.807) is 0 Å². The first-order chi connectivity index (χ1) is 3.88. The Kier molecular flexibility index (Phi) is 1.84. The SMILES string of the molecule is NC[C@H]1CC[C@@H]1CF. The second-order valence-electron chi connectivity index (χ2n) is 2.49. The van der Waals surface area contributed by atoms with Crippen LogP contribution in [0.5, 0.6) is 0 Å². The molecule has 0 unspecified atom stereocenters. The zero-order valence-electron chi connectivity index (χ0n) is 4.94. The Bertz CT molecular complexity index is 60.9. The quantitative estimate of drug-likeness (QED) is 0.572. The Labute approximate surface area is 49.1 Å². The monoisotopic (exact) mass is 117 g/mol. The summed E-state index contributed by atoms with van der Waals surface area (Å²) in [6, 6.07) is 0. The molecule has 1 fully saturated rings.